The molecule has 0 unspecified atom stereocenters. The summed E-state index contributed by atoms with van der Waals surface area (Å²) in [5, 5.41) is 11.8. The van der Waals surface area contributed by atoms with Gasteiger partial charge in [-0.15, -0.1) is 0 Å². The molecule has 1 aliphatic rings. The third-order valence-corrected chi connectivity index (χ3v) is 5.52. The third-order valence-electron chi connectivity index (χ3n) is 4.78. The van der Waals surface area contributed by atoms with Gasteiger partial charge in [-0.3, -0.25) is 19.4 Å². The summed E-state index contributed by atoms with van der Waals surface area (Å²) < 4.78 is 1.73. The highest BCUT2D eigenvalue weighted by molar-refractivity contribution is 6.42. The second-order valence-corrected chi connectivity index (χ2v) is 7.52. The van der Waals surface area contributed by atoms with E-state index in [0.717, 1.165) is 38.3 Å². The number of anilines is 1. The summed E-state index contributed by atoms with van der Waals surface area (Å²) in [5.74, 6) is 0.394. The Labute approximate surface area is 171 Å². The van der Waals surface area contributed by atoms with Crippen LogP contribution < -0.4 is 16.2 Å². The first-order chi connectivity index (χ1) is 13.6. The smallest absolute Gasteiger partial charge is 0.278 e. The van der Waals surface area contributed by atoms with Crippen LogP contribution in [0.3, 0.4) is 0 Å². The molecule has 0 spiro atoms. The molecule has 0 amide bonds. The zero-order valence-electron chi connectivity index (χ0n) is 15.2. The van der Waals surface area contributed by atoms with Gasteiger partial charge >= 0.3 is 0 Å². The van der Waals surface area contributed by atoms with Crippen molar-refractivity contribution in [2.24, 2.45) is 0 Å². The Morgan fingerprint density at radius 2 is 1.96 bits per heavy atom. The maximum absolute atomic E-state index is 12.6. The quantitative estimate of drug-likeness (QED) is 0.563. The van der Waals surface area contributed by atoms with Gasteiger partial charge in [0.1, 0.15) is 5.52 Å². The van der Waals surface area contributed by atoms with E-state index in [2.05, 4.69) is 30.6 Å². The number of benzene rings is 1. The number of nitrogens with one attached hydrogen (secondary N) is 3. The van der Waals surface area contributed by atoms with Crippen LogP contribution in [0.25, 0.3) is 11.0 Å². The van der Waals surface area contributed by atoms with Crippen LogP contribution >= 0.6 is 23.2 Å². The Hall–Kier alpha value is -2.13. The summed E-state index contributed by atoms with van der Waals surface area (Å²) in [6, 6.07) is 5.39. The van der Waals surface area contributed by atoms with E-state index < -0.39 is 0 Å². The number of hydrogen-bond acceptors (Lipinski definition) is 6. The van der Waals surface area contributed by atoms with Gasteiger partial charge in [0.05, 0.1) is 22.8 Å². The van der Waals surface area contributed by atoms with Crippen molar-refractivity contribution in [1.82, 2.24) is 30.0 Å². The third kappa shape index (κ3) is 4.30. The molecule has 10 heteroatoms. The van der Waals surface area contributed by atoms with Crippen molar-refractivity contribution in [1.29, 1.82) is 0 Å². The fourth-order valence-corrected chi connectivity index (χ4v) is 3.59. The lowest BCUT2D eigenvalue weighted by atomic mass is 10.2. The lowest BCUT2D eigenvalue weighted by Gasteiger charge is -2.26. The van der Waals surface area contributed by atoms with Gasteiger partial charge in [-0.1, -0.05) is 29.3 Å². The summed E-state index contributed by atoms with van der Waals surface area (Å²) in [6.45, 7) is 5.99. The van der Waals surface area contributed by atoms with Crippen LogP contribution in [0.2, 0.25) is 10.0 Å². The first-order valence-electron chi connectivity index (χ1n) is 9.17. The van der Waals surface area contributed by atoms with Crippen molar-refractivity contribution >= 4 is 40.2 Å². The first kappa shape index (κ1) is 19.2. The average molecular weight is 422 g/mol. The maximum Gasteiger partial charge on any atom is 0.278 e. The van der Waals surface area contributed by atoms with E-state index in [1.54, 1.807) is 23.0 Å². The SMILES string of the molecule is O=c1[nH]c(NCc2ccc(Cl)c(Cl)c2)nc2cnn(CCN3CCNCC3)c12. The molecule has 148 valence electrons. The molecule has 8 nitrogen and oxygen atoms in total. The van der Waals surface area contributed by atoms with Gasteiger partial charge < -0.3 is 10.6 Å². The molecule has 1 aromatic carbocycles. The van der Waals surface area contributed by atoms with Crippen molar-refractivity contribution in [2.75, 3.05) is 38.0 Å². The highest BCUT2D eigenvalue weighted by atomic mass is 35.5. The minimum atomic E-state index is -0.209. The normalized spacial score (nSPS) is 15.2. The Morgan fingerprint density at radius 3 is 2.75 bits per heavy atom. The molecule has 1 saturated heterocycles. The lowest BCUT2D eigenvalue weighted by molar-refractivity contribution is 0.230. The summed E-state index contributed by atoms with van der Waals surface area (Å²) in [7, 11) is 0. The summed E-state index contributed by atoms with van der Waals surface area (Å²) in [4.78, 5) is 22.2. The summed E-state index contributed by atoms with van der Waals surface area (Å²) >= 11 is 12.0. The standard InChI is InChI=1S/C18H21Cl2N7O/c19-13-2-1-12(9-14(13)20)10-22-18-24-15-11-23-27(16(15)17(28)25-18)8-7-26-5-3-21-4-6-26/h1-2,9,11,21H,3-8,10H2,(H2,22,24,25,28). The minimum absolute atomic E-state index is 0.209. The molecule has 1 aliphatic heterocycles. The van der Waals surface area contributed by atoms with E-state index in [0.29, 0.717) is 40.1 Å². The zero-order valence-corrected chi connectivity index (χ0v) is 16.7. The van der Waals surface area contributed by atoms with E-state index >= 15 is 0 Å². The monoisotopic (exact) mass is 421 g/mol. The lowest BCUT2D eigenvalue weighted by Crippen LogP contribution is -2.44. The van der Waals surface area contributed by atoms with Gasteiger partial charge in [-0.05, 0) is 17.7 Å². The molecule has 3 heterocycles. The zero-order chi connectivity index (χ0) is 19.5. The van der Waals surface area contributed by atoms with Crippen molar-refractivity contribution in [3.05, 3.63) is 50.4 Å². The van der Waals surface area contributed by atoms with E-state index in [1.807, 2.05) is 6.07 Å². The minimum Gasteiger partial charge on any atom is -0.352 e. The molecule has 1 fully saturated rings. The predicted octanol–water partition coefficient (Wildman–Crippen LogP) is 1.94. The molecular formula is C18H21Cl2N7O. The number of hydrogen-bond donors (Lipinski definition) is 3. The predicted molar refractivity (Wildman–Crippen MR) is 111 cm³/mol. The number of piperazine rings is 1. The fourth-order valence-electron chi connectivity index (χ4n) is 3.27. The van der Waals surface area contributed by atoms with Crippen molar-refractivity contribution < 1.29 is 0 Å². The number of rotatable bonds is 6. The Morgan fingerprint density at radius 1 is 1.14 bits per heavy atom. The van der Waals surface area contributed by atoms with Crippen molar-refractivity contribution in [2.45, 2.75) is 13.1 Å². The number of nitrogens with zero attached hydrogens (tertiary/aromatic N) is 4. The molecule has 0 radical (unpaired) electrons. The molecule has 4 rings (SSSR count). The summed E-state index contributed by atoms with van der Waals surface area (Å²) in [6.07, 6.45) is 1.63. The van der Waals surface area contributed by atoms with Gasteiger partial charge in [0, 0.05) is 39.3 Å². The van der Waals surface area contributed by atoms with Crippen molar-refractivity contribution in [3.63, 3.8) is 0 Å². The van der Waals surface area contributed by atoms with Crippen LogP contribution in [0.15, 0.2) is 29.2 Å². The molecule has 28 heavy (non-hydrogen) atoms. The molecule has 3 aromatic rings. The second-order valence-electron chi connectivity index (χ2n) is 6.71. The maximum atomic E-state index is 12.6. The van der Waals surface area contributed by atoms with Crippen LogP contribution in [0.4, 0.5) is 5.95 Å². The van der Waals surface area contributed by atoms with Crippen molar-refractivity contribution in [3.8, 4) is 0 Å². The van der Waals surface area contributed by atoms with Gasteiger partial charge in [0.15, 0.2) is 5.52 Å². The number of aromatic amines is 1. The highest BCUT2D eigenvalue weighted by Gasteiger charge is 2.13. The van der Waals surface area contributed by atoms with E-state index in [4.69, 9.17) is 23.2 Å². The van der Waals surface area contributed by atoms with E-state index in [9.17, 15) is 4.79 Å². The largest absolute Gasteiger partial charge is 0.352 e. The molecule has 0 bridgehead atoms. The van der Waals surface area contributed by atoms with Gasteiger partial charge in [0.25, 0.3) is 5.56 Å². The molecule has 3 N–H and O–H groups in total. The van der Waals surface area contributed by atoms with Gasteiger partial charge in [-0.2, -0.15) is 5.10 Å². The molecular weight excluding hydrogens is 401 g/mol. The number of fused-ring (bicyclic) bond motifs is 1. The Balaban J connectivity index is 1.46. The molecule has 2 aromatic heterocycles. The van der Waals surface area contributed by atoms with E-state index in [1.165, 1.54) is 0 Å². The summed E-state index contributed by atoms with van der Waals surface area (Å²) in [5.41, 5.74) is 1.79. The number of aromatic nitrogens is 4. The van der Waals surface area contributed by atoms with Gasteiger partial charge in [-0.25, -0.2) is 4.98 Å². The fraction of sp³-hybridized carbons (Fsp3) is 0.389. The highest BCUT2D eigenvalue weighted by Crippen LogP contribution is 2.22. The van der Waals surface area contributed by atoms with Crippen LogP contribution in [-0.2, 0) is 13.1 Å². The van der Waals surface area contributed by atoms with Gasteiger partial charge in [0.2, 0.25) is 5.95 Å². The Kier molecular flexibility index (Phi) is 5.82. The number of halogens is 2. The Bertz CT molecular complexity index is 1030. The topological polar surface area (TPSA) is 90.9 Å². The molecule has 0 atom stereocenters. The van der Waals surface area contributed by atoms with E-state index in [-0.39, 0.29) is 5.56 Å². The van der Waals surface area contributed by atoms with Crippen LogP contribution in [-0.4, -0.2) is 57.4 Å². The van der Waals surface area contributed by atoms with Crippen LogP contribution in [0.5, 0.6) is 0 Å². The second kappa shape index (κ2) is 8.48. The molecule has 0 saturated carbocycles. The van der Waals surface area contributed by atoms with Crippen LogP contribution in [0.1, 0.15) is 5.56 Å². The number of H-pyrrole nitrogens is 1. The average Bonchev–Trinajstić information content (AvgIpc) is 3.12. The molecule has 0 aliphatic carbocycles. The first-order valence-corrected chi connectivity index (χ1v) is 9.92. The van der Waals surface area contributed by atoms with Crippen LogP contribution in [0, 0.1) is 0 Å².